The van der Waals surface area contributed by atoms with Crippen molar-refractivity contribution in [3.05, 3.63) is 28.2 Å². The van der Waals surface area contributed by atoms with Crippen molar-refractivity contribution in [1.29, 1.82) is 0 Å². The van der Waals surface area contributed by atoms with E-state index in [0.29, 0.717) is 18.6 Å². The summed E-state index contributed by atoms with van der Waals surface area (Å²) in [7, 11) is 0. The van der Waals surface area contributed by atoms with Gasteiger partial charge in [-0.1, -0.05) is 19.9 Å². The fourth-order valence-corrected chi connectivity index (χ4v) is 2.63. The van der Waals surface area contributed by atoms with E-state index in [1.165, 1.54) is 5.56 Å². The van der Waals surface area contributed by atoms with Crippen LogP contribution in [0.25, 0.3) is 0 Å². The maximum atomic E-state index is 9.17. The van der Waals surface area contributed by atoms with Crippen molar-refractivity contribution in [2.45, 2.75) is 46.3 Å². The van der Waals surface area contributed by atoms with Crippen LogP contribution in [0, 0.1) is 0 Å². The monoisotopic (exact) mass is 328 g/mol. The number of halogens is 1. The maximum Gasteiger partial charge on any atom is 0.0606 e. The maximum absolute atomic E-state index is 9.17. The summed E-state index contributed by atoms with van der Waals surface area (Å²) in [6.45, 7) is 10.3. The number of nitrogens with zero attached hydrogens (tertiary/aromatic N) is 1. The molecule has 0 aliphatic rings. The van der Waals surface area contributed by atoms with Crippen LogP contribution in [0.15, 0.2) is 22.7 Å². The Kier molecular flexibility index (Phi) is 6.83. The van der Waals surface area contributed by atoms with E-state index in [4.69, 9.17) is 0 Å². The molecule has 0 fully saturated rings. The molecule has 1 aromatic carbocycles. The average Bonchev–Trinajstić information content (AvgIpc) is 2.34. The highest BCUT2D eigenvalue weighted by molar-refractivity contribution is 9.10. The molecule has 0 radical (unpaired) electrons. The first-order chi connectivity index (χ1) is 8.95. The van der Waals surface area contributed by atoms with Crippen LogP contribution >= 0.6 is 15.9 Å². The van der Waals surface area contributed by atoms with E-state index in [2.05, 4.69) is 72.0 Å². The molecule has 108 valence electrons. The smallest absolute Gasteiger partial charge is 0.0606 e. The number of aliphatic hydroxyl groups excluding tert-OH is 1. The summed E-state index contributed by atoms with van der Waals surface area (Å²) in [5.74, 6) is 0. The first-order valence-electron chi connectivity index (χ1n) is 6.85. The second-order valence-electron chi connectivity index (χ2n) is 5.33. The van der Waals surface area contributed by atoms with Gasteiger partial charge in [-0.05, 0) is 47.5 Å². The van der Waals surface area contributed by atoms with E-state index >= 15 is 0 Å². The van der Waals surface area contributed by atoms with Gasteiger partial charge in [0.15, 0.2) is 0 Å². The van der Waals surface area contributed by atoms with Gasteiger partial charge in [-0.15, -0.1) is 0 Å². The Labute approximate surface area is 125 Å². The number of anilines is 1. The lowest BCUT2D eigenvalue weighted by Gasteiger charge is -2.29. The number of hydrogen-bond acceptors (Lipinski definition) is 3. The molecule has 1 rings (SSSR count). The number of rotatable bonds is 7. The minimum atomic E-state index is 0.168. The van der Waals surface area contributed by atoms with Crippen LogP contribution in [0.5, 0.6) is 0 Å². The predicted octanol–water partition coefficient (Wildman–Crippen LogP) is 3.15. The van der Waals surface area contributed by atoms with E-state index < -0.39 is 0 Å². The molecule has 3 nitrogen and oxygen atoms in total. The van der Waals surface area contributed by atoms with Gasteiger partial charge in [0.1, 0.15) is 0 Å². The number of aliphatic hydroxyl groups is 1. The van der Waals surface area contributed by atoms with E-state index in [1.54, 1.807) is 0 Å². The normalized spacial score (nSPS) is 11.4. The highest BCUT2D eigenvalue weighted by Crippen LogP contribution is 2.28. The Bertz CT molecular complexity index is 394. The first kappa shape index (κ1) is 16.5. The van der Waals surface area contributed by atoms with Crippen molar-refractivity contribution in [2.24, 2.45) is 0 Å². The van der Waals surface area contributed by atoms with E-state index in [-0.39, 0.29) is 6.61 Å². The number of benzene rings is 1. The molecule has 0 bridgehead atoms. The highest BCUT2D eigenvalue weighted by atomic mass is 79.9. The lowest BCUT2D eigenvalue weighted by atomic mass is 10.1. The number of nitrogens with one attached hydrogen (secondary N) is 1. The third kappa shape index (κ3) is 5.13. The fraction of sp³-hybridized carbons (Fsp3) is 0.600. The third-order valence-corrected chi connectivity index (χ3v) is 3.64. The van der Waals surface area contributed by atoms with Crippen LogP contribution in [-0.4, -0.2) is 30.3 Å². The zero-order valence-corrected chi connectivity index (χ0v) is 13.9. The molecular weight excluding hydrogens is 304 g/mol. The summed E-state index contributed by atoms with van der Waals surface area (Å²) >= 11 is 3.64. The lowest BCUT2D eigenvalue weighted by molar-refractivity contribution is 0.299. The van der Waals surface area contributed by atoms with Crippen molar-refractivity contribution in [3.8, 4) is 0 Å². The van der Waals surface area contributed by atoms with Gasteiger partial charge >= 0.3 is 0 Å². The van der Waals surface area contributed by atoms with Gasteiger partial charge in [-0.2, -0.15) is 0 Å². The summed E-state index contributed by atoms with van der Waals surface area (Å²) < 4.78 is 1.08. The molecule has 4 heteroatoms. The Hall–Kier alpha value is -0.580. The van der Waals surface area contributed by atoms with Crippen LogP contribution < -0.4 is 10.2 Å². The van der Waals surface area contributed by atoms with Crippen molar-refractivity contribution in [3.63, 3.8) is 0 Å². The predicted molar refractivity (Wildman–Crippen MR) is 85.7 cm³/mol. The molecule has 0 saturated carbocycles. The molecule has 1 aromatic rings. The van der Waals surface area contributed by atoms with Crippen molar-refractivity contribution in [1.82, 2.24) is 5.32 Å². The number of hydrogen-bond donors (Lipinski definition) is 2. The van der Waals surface area contributed by atoms with Crippen molar-refractivity contribution in [2.75, 3.05) is 18.1 Å². The molecule has 19 heavy (non-hydrogen) atoms. The quantitative estimate of drug-likeness (QED) is 0.807. The average molecular weight is 329 g/mol. The Morgan fingerprint density at radius 2 is 1.95 bits per heavy atom. The standard InChI is InChI=1S/C15H25BrN2O/c1-11(2)17-10-13-5-6-15(14(16)9-13)18(7-8-19)12(3)4/h5-6,9,11-12,17,19H,7-8,10H2,1-4H3. The van der Waals surface area contributed by atoms with Gasteiger partial charge in [-0.25, -0.2) is 0 Å². The Morgan fingerprint density at radius 1 is 1.26 bits per heavy atom. The summed E-state index contributed by atoms with van der Waals surface area (Å²) in [5.41, 5.74) is 2.40. The van der Waals surface area contributed by atoms with E-state index in [1.807, 2.05) is 0 Å². The van der Waals surface area contributed by atoms with E-state index in [9.17, 15) is 5.11 Å². The molecule has 0 unspecified atom stereocenters. The molecule has 0 aliphatic heterocycles. The molecule has 2 N–H and O–H groups in total. The van der Waals surface area contributed by atoms with Crippen LogP contribution in [0.2, 0.25) is 0 Å². The van der Waals surface area contributed by atoms with Crippen LogP contribution in [0.4, 0.5) is 5.69 Å². The molecule has 0 spiro atoms. The highest BCUT2D eigenvalue weighted by Gasteiger charge is 2.13. The van der Waals surface area contributed by atoms with Crippen LogP contribution in [-0.2, 0) is 6.54 Å². The van der Waals surface area contributed by atoms with Crippen LogP contribution in [0.1, 0.15) is 33.3 Å². The molecule has 0 aliphatic carbocycles. The minimum Gasteiger partial charge on any atom is -0.395 e. The van der Waals surface area contributed by atoms with Crippen molar-refractivity contribution < 1.29 is 5.11 Å². The van der Waals surface area contributed by atoms with Gasteiger partial charge in [0.05, 0.1) is 12.3 Å². The Morgan fingerprint density at radius 3 is 2.42 bits per heavy atom. The van der Waals surface area contributed by atoms with Gasteiger partial charge in [0.2, 0.25) is 0 Å². The summed E-state index contributed by atoms with van der Waals surface area (Å²) in [5, 5.41) is 12.6. The molecular formula is C15H25BrN2O. The topological polar surface area (TPSA) is 35.5 Å². The molecule has 0 atom stereocenters. The van der Waals surface area contributed by atoms with Gasteiger partial charge < -0.3 is 15.3 Å². The SMILES string of the molecule is CC(C)NCc1ccc(N(CCO)C(C)C)c(Br)c1. The van der Waals surface area contributed by atoms with Crippen molar-refractivity contribution >= 4 is 21.6 Å². The molecule has 0 amide bonds. The minimum absolute atomic E-state index is 0.168. The van der Waals surface area contributed by atoms with Gasteiger partial charge in [0.25, 0.3) is 0 Å². The fourth-order valence-electron chi connectivity index (χ4n) is 1.98. The first-order valence-corrected chi connectivity index (χ1v) is 7.64. The van der Waals surface area contributed by atoms with E-state index in [0.717, 1.165) is 16.7 Å². The third-order valence-electron chi connectivity index (χ3n) is 3.00. The van der Waals surface area contributed by atoms with Gasteiger partial charge in [-0.3, -0.25) is 0 Å². The summed E-state index contributed by atoms with van der Waals surface area (Å²) in [4.78, 5) is 2.20. The van der Waals surface area contributed by atoms with Crippen LogP contribution in [0.3, 0.4) is 0 Å². The second-order valence-corrected chi connectivity index (χ2v) is 6.19. The zero-order valence-electron chi connectivity index (χ0n) is 12.3. The summed E-state index contributed by atoms with van der Waals surface area (Å²) in [6, 6.07) is 7.26. The lowest BCUT2D eigenvalue weighted by Crippen LogP contribution is -2.33. The largest absolute Gasteiger partial charge is 0.395 e. The zero-order chi connectivity index (χ0) is 14.4. The summed E-state index contributed by atoms with van der Waals surface area (Å²) in [6.07, 6.45) is 0. The molecule has 0 heterocycles. The molecule has 0 saturated heterocycles. The Balaban J connectivity index is 2.86. The van der Waals surface area contributed by atoms with Gasteiger partial charge in [0, 0.05) is 29.6 Å². The second kappa shape index (κ2) is 7.88. The molecule has 0 aromatic heterocycles.